The van der Waals surface area contributed by atoms with Crippen molar-refractivity contribution in [3.63, 3.8) is 0 Å². The number of cyclic esters (lactones) is 1. The summed E-state index contributed by atoms with van der Waals surface area (Å²) in [6.45, 7) is 6.05. The van der Waals surface area contributed by atoms with E-state index in [-0.39, 0.29) is 43.7 Å². The highest BCUT2D eigenvalue weighted by molar-refractivity contribution is 7.45. The van der Waals surface area contributed by atoms with Gasteiger partial charge in [-0.25, -0.2) is 9.78 Å². The minimum atomic E-state index is -4.69. The predicted molar refractivity (Wildman–Crippen MR) is 221 cm³/mol. The van der Waals surface area contributed by atoms with Crippen LogP contribution in [0.5, 0.6) is 0 Å². The summed E-state index contributed by atoms with van der Waals surface area (Å²) in [5.74, 6) is -3.00. The van der Waals surface area contributed by atoms with E-state index in [4.69, 9.17) is 29.0 Å². The number of nitrogens with zero attached hydrogens (tertiary/aromatic N) is 7. The second kappa shape index (κ2) is 18.5. The third-order valence-corrected chi connectivity index (χ3v) is 11.9. The molecule has 22 nitrogen and oxygen atoms in total. The minimum Gasteiger partial charge on any atom is -0.756 e. The number of phosphoric acid groups is 1. The highest BCUT2D eigenvalue weighted by atomic mass is 31.2. The molecule has 0 saturated carbocycles. The van der Waals surface area contributed by atoms with Crippen molar-refractivity contribution < 1.29 is 56.7 Å². The molecule has 5 atom stereocenters. The summed E-state index contributed by atoms with van der Waals surface area (Å²) in [4.78, 5) is 87.9. The van der Waals surface area contributed by atoms with Crippen LogP contribution in [0.4, 0.5) is 11.4 Å². The maximum Gasteiger partial charge on any atom is 0.343 e. The van der Waals surface area contributed by atoms with Gasteiger partial charge < -0.3 is 58.4 Å². The van der Waals surface area contributed by atoms with Crippen LogP contribution >= 0.6 is 7.82 Å². The molecular weight excluding hydrogens is 831 g/mol. The number of rotatable bonds is 17. The maximum absolute atomic E-state index is 13.9. The third kappa shape index (κ3) is 9.93. The number of fused-ring (bicyclic) bond motifs is 5. The molecule has 2 unspecified atom stereocenters. The summed E-state index contributed by atoms with van der Waals surface area (Å²) in [6, 6.07) is 3.05. The van der Waals surface area contributed by atoms with Crippen molar-refractivity contribution in [1.29, 1.82) is 0 Å². The van der Waals surface area contributed by atoms with Crippen LogP contribution in [0.2, 0.25) is 0 Å². The largest absolute Gasteiger partial charge is 0.756 e. The van der Waals surface area contributed by atoms with Crippen LogP contribution in [0.25, 0.3) is 32.7 Å². The van der Waals surface area contributed by atoms with Gasteiger partial charge in [-0.1, -0.05) is 12.0 Å². The Morgan fingerprint density at radius 2 is 1.74 bits per heavy atom. The Labute approximate surface area is 356 Å². The van der Waals surface area contributed by atoms with Crippen LogP contribution in [-0.2, 0) is 61.0 Å². The smallest absolute Gasteiger partial charge is 0.343 e. The van der Waals surface area contributed by atoms with Gasteiger partial charge in [-0.2, -0.15) is 0 Å². The van der Waals surface area contributed by atoms with Gasteiger partial charge in [-0.15, -0.1) is 0 Å². The molecule has 6 rings (SSSR count). The molecule has 3 amide bonds. The van der Waals surface area contributed by atoms with Crippen molar-refractivity contribution in [3.05, 3.63) is 61.8 Å². The Kier molecular flexibility index (Phi) is 13.7. The molecule has 0 radical (unpaired) electrons. The van der Waals surface area contributed by atoms with E-state index in [1.807, 2.05) is 21.1 Å². The van der Waals surface area contributed by atoms with Crippen molar-refractivity contribution in [3.8, 4) is 11.4 Å². The van der Waals surface area contributed by atoms with Gasteiger partial charge in [-0.3, -0.25) is 23.7 Å². The molecule has 1 saturated heterocycles. The normalized spacial score (nSPS) is 19.4. The lowest BCUT2D eigenvalue weighted by atomic mass is 9.86. The number of ether oxygens (including phenoxy) is 2. The molecule has 5 heterocycles. The molecule has 3 aliphatic heterocycles. The topological polar surface area (TPSA) is 289 Å². The van der Waals surface area contributed by atoms with Crippen LogP contribution < -0.4 is 31.3 Å². The Hall–Kier alpha value is -5.44. The van der Waals surface area contributed by atoms with Gasteiger partial charge >= 0.3 is 5.97 Å². The number of likely N-dealkylation sites (N-methyl/N-ethyl adjacent to an activating group) is 1. The quantitative estimate of drug-likeness (QED) is 0.0289. The number of aromatic nitrogens is 2. The molecule has 23 heteroatoms. The van der Waals surface area contributed by atoms with Crippen molar-refractivity contribution >= 4 is 53.8 Å². The van der Waals surface area contributed by atoms with Gasteiger partial charge in [0, 0.05) is 40.2 Å². The van der Waals surface area contributed by atoms with Crippen LogP contribution in [-0.4, -0.2) is 128 Å². The van der Waals surface area contributed by atoms with E-state index in [1.54, 1.807) is 35.8 Å². The van der Waals surface area contributed by atoms with E-state index in [9.17, 15) is 38.5 Å². The zero-order chi connectivity index (χ0) is 45.1. The Bertz CT molecular complexity index is 2430. The first-order valence-electron chi connectivity index (χ1n) is 20.1. The number of carbonyl (C=O) groups excluding carboxylic acids is 4. The first kappa shape index (κ1) is 46.1. The first-order valence-corrected chi connectivity index (χ1v) is 21.6. The summed E-state index contributed by atoms with van der Waals surface area (Å²) in [7, 11) is 0.869. The molecule has 0 spiro atoms. The second-order valence-corrected chi connectivity index (χ2v) is 17.7. The summed E-state index contributed by atoms with van der Waals surface area (Å²) in [6.07, 6.45) is -0.327. The number of benzene rings is 1. The number of carbonyl (C=O) groups is 4. The maximum atomic E-state index is 13.9. The predicted octanol–water partition coefficient (Wildman–Crippen LogP) is 1.14. The lowest BCUT2D eigenvalue weighted by Crippen LogP contribution is -2.52. The number of morpholine rings is 1. The standard InChI is InChI=1S/C39H51N10O12P/c1-7-39(55)28-19-31-32-26(20-48(31)37(53)27(28)21-59-38(39)54)33(47-11-15-58-16-12-47)25-18-24(8-9-29(25)44-32)43-35(51)23(3)41-34(50)22(2)42-36(52)30(45-46-40)10-14-60-62(56,57)61-17-13-49(4,5)6/h8-9,18-19,22-23,30,55H,7,10-17,20-21H2,1-6H3,(H3-,41,42,43,50,51,52,53,56,57)/t22-,23-,30?,39-/m0/s1. The Morgan fingerprint density at radius 1 is 1.06 bits per heavy atom. The number of hydrogen-bond acceptors (Lipinski definition) is 15. The molecule has 334 valence electrons. The molecule has 0 bridgehead atoms. The van der Waals surface area contributed by atoms with Crippen molar-refractivity contribution in [2.24, 2.45) is 5.11 Å². The molecule has 1 aromatic carbocycles. The van der Waals surface area contributed by atoms with E-state index >= 15 is 0 Å². The van der Waals surface area contributed by atoms with Crippen LogP contribution in [0.15, 0.2) is 34.2 Å². The average molecular weight is 883 g/mol. The number of hydrogen-bond donors (Lipinski definition) is 4. The Balaban J connectivity index is 1.14. The van der Waals surface area contributed by atoms with Crippen LogP contribution in [0.3, 0.4) is 0 Å². The van der Waals surface area contributed by atoms with Gasteiger partial charge in [0.1, 0.15) is 37.9 Å². The molecule has 3 aliphatic rings. The number of nitrogens with one attached hydrogen (secondary N) is 3. The Morgan fingerprint density at radius 3 is 2.42 bits per heavy atom. The zero-order valence-corrected chi connectivity index (χ0v) is 36.2. The van der Waals surface area contributed by atoms with Gasteiger partial charge in [0.2, 0.25) is 17.7 Å². The number of quaternary nitrogens is 1. The molecule has 2 aromatic heterocycles. The average Bonchev–Trinajstić information content (AvgIpc) is 3.58. The fraction of sp³-hybridized carbons (Fsp3) is 0.538. The summed E-state index contributed by atoms with van der Waals surface area (Å²) in [5.41, 5.74) is 10.5. The summed E-state index contributed by atoms with van der Waals surface area (Å²) < 4.78 is 34.6. The molecule has 1 fully saturated rings. The third-order valence-electron chi connectivity index (χ3n) is 10.9. The number of azide groups is 1. The number of phosphoric ester groups is 1. The van der Waals surface area contributed by atoms with E-state index in [2.05, 4.69) is 30.9 Å². The second-order valence-electron chi connectivity index (χ2n) is 16.3. The van der Waals surface area contributed by atoms with Crippen LogP contribution in [0, 0.1) is 0 Å². The number of amides is 3. The lowest BCUT2D eigenvalue weighted by Gasteiger charge is -2.31. The van der Waals surface area contributed by atoms with Gasteiger partial charge in [0.25, 0.3) is 13.4 Å². The fourth-order valence-corrected chi connectivity index (χ4v) is 8.07. The zero-order valence-electron chi connectivity index (χ0n) is 35.3. The number of aliphatic hydroxyl groups is 1. The van der Waals surface area contributed by atoms with Crippen LogP contribution in [0.1, 0.15) is 50.3 Å². The molecule has 4 N–H and O–H groups in total. The van der Waals surface area contributed by atoms with Gasteiger partial charge in [0.05, 0.1) is 75.7 Å². The highest BCUT2D eigenvalue weighted by Crippen LogP contribution is 2.44. The van der Waals surface area contributed by atoms with E-state index in [0.29, 0.717) is 65.3 Å². The summed E-state index contributed by atoms with van der Waals surface area (Å²) in [5, 5.41) is 23.2. The van der Waals surface area contributed by atoms with Crippen molar-refractivity contribution in [2.75, 3.05) is 77.4 Å². The summed E-state index contributed by atoms with van der Waals surface area (Å²) >= 11 is 0. The first-order chi connectivity index (χ1) is 29.3. The SMILES string of the molecule is CC[C@@]1(O)C(=O)OCc2c1cc1n(c2=O)Cc2c-1nc1ccc(NC(=O)[C@H](C)NC(=O)[C@H](C)NC(=O)C(CCOP(=O)([O-])OCC[N+](C)(C)C)N=[N+]=[N-])cc1c2N1CCOCC1. The minimum absolute atomic E-state index is 0.00702. The van der Waals surface area contributed by atoms with E-state index in [1.165, 1.54) is 13.8 Å². The fourth-order valence-electron chi connectivity index (χ4n) is 7.36. The van der Waals surface area contributed by atoms with E-state index in [0.717, 1.165) is 11.3 Å². The van der Waals surface area contributed by atoms with Gasteiger partial charge in [-0.05, 0) is 56.5 Å². The number of pyridine rings is 2. The lowest BCUT2D eigenvalue weighted by molar-refractivity contribution is -0.870. The highest BCUT2D eigenvalue weighted by Gasteiger charge is 2.45. The molecule has 3 aromatic rings. The van der Waals surface area contributed by atoms with Crippen molar-refractivity contribution in [1.82, 2.24) is 20.2 Å². The van der Waals surface area contributed by atoms with Gasteiger partial charge in [0.15, 0.2) is 5.60 Å². The number of anilines is 2. The number of esters is 1. The van der Waals surface area contributed by atoms with Crippen molar-refractivity contribution in [2.45, 2.75) is 70.5 Å². The molecule has 62 heavy (non-hydrogen) atoms. The monoisotopic (exact) mass is 882 g/mol. The molecule has 0 aliphatic carbocycles. The molecular formula is C39H51N10O12P. The van der Waals surface area contributed by atoms with E-state index < -0.39 is 67.4 Å².